The van der Waals surface area contributed by atoms with E-state index in [1.54, 1.807) is 10.9 Å². The van der Waals surface area contributed by atoms with Gasteiger partial charge in [-0.1, -0.05) is 44.7 Å². The zero-order valence-electron chi connectivity index (χ0n) is 19.4. The zero-order chi connectivity index (χ0) is 22.9. The van der Waals surface area contributed by atoms with Gasteiger partial charge in [0.2, 0.25) is 0 Å². The van der Waals surface area contributed by atoms with Crippen molar-refractivity contribution in [2.75, 3.05) is 33.2 Å². The van der Waals surface area contributed by atoms with E-state index >= 15 is 0 Å². The summed E-state index contributed by atoms with van der Waals surface area (Å²) in [5.74, 6) is 0.987. The number of aromatic nitrogens is 2. The molecule has 2 heterocycles. The van der Waals surface area contributed by atoms with Crippen molar-refractivity contribution < 1.29 is 4.79 Å². The summed E-state index contributed by atoms with van der Waals surface area (Å²) in [6, 6.07) is 1.88. The average molecular weight is 424 g/mol. The van der Waals surface area contributed by atoms with E-state index in [0.717, 1.165) is 56.8 Å². The van der Waals surface area contributed by atoms with Crippen molar-refractivity contribution in [3.63, 3.8) is 0 Å². The lowest BCUT2D eigenvalue weighted by molar-refractivity contribution is -0.104. The first kappa shape index (κ1) is 26.0. The van der Waals surface area contributed by atoms with Crippen LogP contribution in [-0.2, 0) is 4.79 Å². The van der Waals surface area contributed by atoms with Gasteiger partial charge in [-0.25, -0.2) is 4.68 Å². The van der Waals surface area contributed by atoms with Crippen molar-refractivity contribution >= 4 is 17.8 Å². The normalized spacial score (nSPS) is 16.0. The Kier molecular flexibility index (Phi) is 13.3. The molecule has 1 aliphatic rings. The Morgan fingerprint density at radius 3 is 2.87 bits per heavy atom. The van der Waals surface area contributed by atoms with Crippen LogP contribution in [0.3, 0.4) is 0 Å². The van der Waals surface area contributed by atoms with E-state index in [1.807, 2.05) is 70.6 Å². The Bertz CT molecular complexity index is 800. The molecule has 1 aromatic rings. The van der Waals surface area contributed by atoms with E-state index in [9.17, 15) is 4.79 Å². The molecule has 168 valence electrons. The molecule has 0 aromatic carbocycles. The lowest BCUT2D eigenvalue weighted by Crippen LogP contribution is -2.28. The maximum atomic E-state index is 11.3. The average Bonchev–Trinajstić information content (AvgIpc) is 3.35. The highest BCUT2D eigenvalue weighted by molar-refractivity contribution is 5.94. The molecular formula is C25H37N5O. The largest absolute Gasteiger partial charge is 0.334 e. The molecule has 0 radical (unpaired) electrons. The van der Waals surface area contributed by atoms with Crippen LogP contribution in [0.15, 0.2) is 78.3 Å². The summed E-state index contributed by atoms with van der Waals surface area (Å²) >= 11 is 0. The molecule has 6 nitrogen and oxygen atoms in total. The highest BCUT2D eigenvalue weighted by Gasteiger charge is 2.07. The van der Waals surface area contributed by atoms with E-state index < -0.39 is 0 Å². The Hall–Kier alpha value is -2.99. The minimum absolute atomic E-state index is 0.663. The number of carbonyl (C=O) groups excluding carboxylic acids is 1. The fourth-order valence-electron chi connectivity index (χ4n) is 2.84. The molecule has 0 saturated heterocycles. The first-order chi connectivity index (χ1) is 15.1. The second kappa shape index (κ2) is 15.8. The van der Waals surface area contributed by atoms with Crippen LogP contribution < -0.4 is 0 Å². The fraction of sp³-hybridized carbons (Fsp3) is 0.400. The summed E-state index contributed by atoms with van der Waals surface area (Å²) < 4.78 is 1.78. The molecule has 2 rings (SSSR count). The van der Waals surface area contributed by atoms with Crippen LogP contribution in [-0.4, -0.2) is 64.9 Å². The SMILES string of the molecule is C=CN1CCC=CC1=NCCCN(C)C/C=C(C=O)/C=C\C=C(/C)n1cccn1.CC. The minimum Gasteiger partial charge on any atom is -0.334 e. The summed E-state index contributed by atoms with van der Waals surface area (Å²) in [6.07, 6.45) is 20.1. The molecule has 1 aromatic heterocycles. The topological polar surface area (TPSA) is 53.7 Å². The Morgan fingerprint density at radius 2 is 2.19 bits per heavy atom. The molecule has 6 heteroatoms. The van der Waals surface area contributed by atoms with Gasteiger partial charge in [-0.3, -0.25) is 9.79 Å². The number of amidine groups is 1. The molecular weight excluding hydrogens is 386 g/mol. The quantitative estimate of drug-likeness (QED) is 0.226. The smallest absolute Gasteiger partial charge is 0.149 e. The molecule has 0 atom stereocenters. The summed E-state index contributed by atoms with van der Waals surface area (Å²) in [6.45, 7) is 13.2. The third kappa shape index (κ3) is 10.0. The Morgan fingerprint density at radius 1 is 1.39 bits per heavy atom. The lowest BCUT2D eigenvalue weighted by atomic mass is 10.2. The van der Waals surface area contributed by atoms with E-state index in [0.29, 0.717) is 5.57 Å². The van der Waals surface area contributed by atoms with E-state index in [1.165, 1.54) is 0 Å². The van der Waals surface area contributed by atoms with Gasteiger partial charge in [0.1, 0.15) is 12.1 Å². The first-order valence-corrected chi connectivity index (χ1v) is 10.9. The van der Waals surface area contributed by atoms with Gasteiger partial charge in [0.05, 0.1) is 0 Å². The number of aliphatic imine (C=N–C) groups is 1. The van der Waals surface area contributed by atoms with Gasteiger partial charge >= 0.3 is 0 Å². The predicted molar refractivity (Wildman–Crippen MR) is 132 cm³/mol. The number of allylic oxidation sites excluding steroid dienone is 5. The molecule has 0 N–H and O–H groups in total. The van der Waals surface area contributed by atoms with Gasteiger partial charge in [0, 0.05) is 43.3 Å². The molecule has 0 amide bonds. The molecule has 0 aliphatic carbocycles. The molecule has 0 spiro atoms. The molecule has 1 aliphatic heterocycles. The monoisotopic (exact) mass is 423 g/mol. The molecule has 31 heavy (non-hydrogen) atoms. The van der Waals surface area contributed by atoms with Crippen LogP contribution in [0.1, 0.15) is 33.6 Å². The van der Waals surface area contributed by atoms with Gasteiger partial charge in [0.25, 0.3) is 0 Å². The molecule has 0 bridgehead atoms. The van der Waals surface area contributed by atoms with Gasteiger partial charge in [-0.2, -0.15) is 5.10 Å². The van der Waals surface area contributed by atoms with Crippen molar-refractivity contribution in [1.82, 2.24) is 19.6 Å². The number of nitrogens with zero attached hydrogens (tertiary/aromatic N) is 5. The summed E-state index contributed by atoms with van der Waals surface area (Å²) in [5.41, 5.74) is 1.65. The molecule has 0 fully saturated rings. The number of likely N-dealkylation sites (N-methyl/N-ethyl adjacent to an activating group) is 1. The van der Waals surface area contributed by atoms with E-state index in [-0.39, 0.29) is 0 Å². The second-order valence-corrected chi connectivity index (χ2v) is 6.86. The second-order valence-electron chi connectivity index (χ2n) is 6.86. The fourth-order valence-corrected chi connectivity index (χ4v) is 2.84. The van der Waals surface area contributed by atoms with Crippen molar-refractivity contribution in [3.05, 3.63) is 73.3 Å². The van der Waals surface area contributed by atoms with Gasteiger partial charge in [-0.15, -0.1) is 0 Å². The highest BCUT2D eigenvalue weighted by atomic mass is 16.1. The summed E-state index contributed by atoms with van der Waals surface area (Å²) in [5, 5.41) is 4.17. The van der Waals surface area contributed by atoms with Gasteiger partial charge in [0.15, 0.2) is 0 Å². The number of hydrogen-bond donors (Lipinski definition) is 0. The van der Waals surface area contributed by atoms with Crippen LogP contribution in [0.25, 0.3) is 5.70 Å². The first-order valence-electron chi connectivity index (χ1n) is 10.9. The number of hydrogen-bond acceptors (Lipinski definition) is 4. The summed E-state index contributed by atoms with van der Waals surface area (Å²) in [4.78, 5) is 20.2. The third-order valence-electron chi connectivity index (χ3n) is 4.56. The molecule has 0 unspecified atom stereocenters. The van der Waals surface area contributed by atoms with Crippen molar-refractivity contribution in [1.29, 1.82) is 0 Å². The van der Waals surface area contributed by atoms with Crippen LogP contribution >= 0.6 is 0 Å². The van der Waals surface area contributed by atoms with Crippen molar-refractivity contribution in [2.24, 2.45) is 4.99 Å². The number of rotatable bonds is 11. The molecule has 0 saturated carbocycles. The van der Waals surface area contributed by atoms with Crippen LogP contribution in [0.5, 0.6) is 0 Å². The maximum Gasteiger partial charge on any atom is 0.149 e. The number of carbonyl (C=O) groups is 1. The van der Waals surface area contributed by atoms with Crippen molar-refractivity contribution in [3.8, 4) is 0 Å². The van der Waals surface area contributed by atoms with Crippen LogP contribution in [0.2, 0.25) is 0 Å². The van der Waals surface area contributed by atoms with Crippen molar-refractivity contribution in [2.45, 2.75) is 33.6 Å². The van der Waals surface area contributed by atoms with Crippen LogP contribution in [0.4, 0.5) is 0 Å². The maximum absolute atomic E-state index is 11.3. The summed E-state index contributed by atoms with van der Waals surface area (Å²) in [7, 11) is 2.05. The Labute approximate surface area is 187 Å². The van der Waals surface area contributed by atoms with Gasteiger partial charge in [-0.05, 0) is 57.8 Å². The van der Waals surface area contributed by atoms with Gasteiger partial charge < -0.3 is 9.80 Å². The standard InChI is InChI=1S/C23H31N5O.C2H6/c1-4-27-17-6-5-12-23(27)24-14-8-16-26(3)19-13-22(20-29)11-7-10-21(2)28-18-9-15-25-28;1-2/h4-5,7,9-13,15,18,20H,1,6,8,14,16-17,19H2,2-3H3;1-2H3/b11-7-,21-10+,22-13-,24-23?;. The van der Waals surface area contributed by atoms with Crippen LogP contribution in [0, 0.1) is 0 Å². The number of aldehydes is 1. The minimum atomic E-state index is 0.663. The highest BCUT2D eigenvalue weighted by Crippen LogP contribution is 2.06. The van der Waals surface area contributed by atoms with E-state index in [2.05, 4.69) is 38.6 Å². The predicted octanol–water partition coefficient (Wildman–Crippen LogP) is 4.58. The van der Waals surface area contributed by atoms with E-state index in [4.69, 9.17) is 0 Å². The lowest BCUT2D eigenvalue weighted by Gasteiger charge is -2.22. The Balaban J connectivity index is 0.00000233. The zero-order valence-corrected chi connectivity index (χ0v) is 19.4. The third-order valence-corrected chi connectivity index (χ3v) is 4.56.